The summed E-state index contributed by atoms with van der Waals surface area (Å²) in [5.41, 5.74) is 0. The van der Waals surface area contributed by atoms with Crippen LogP contribution < -0.4 is 0 Å². The van der Waals surface area contributed by atoms with Crippen LogP contribution in [0.5, 0.6) is 0 Å². The van der Waals surface area contributed by atoms with Gasteiger partial charge in [0.1, 0.15) is 0 Å². The van der Waals surface area contributed by atoms with Gasteiger partial charge in [0.15, 0.2) is 4.47 Å². The molecule has 0 saturated heterocycles. The summed E-state index contributed by atoms with van der Waals surface area (Å²) < 4.78 is 6.48. The Hall–Kier alpha value is -0.120. The zero-order chi connectivity index (χ0) is 10.5. The lowest BCUT2D eigenvalue weighted by atomic mass is 10.1. The molecule has 0 aliphatic heterocycles. The van der Waals surface area contributed by atoms with Crippen molar-refractivity contribution >= 4 is 22.9 Å². The van der Waals surface area contributed by atoms with Crippen molar-refractivity contribution in [2.24, 2.45) is 0 Å². The Labute approximate surface area is 99.6 Å². The fraction of sp³-hybridized carbons (Fsp3) is 0.727. The molecule has 1 aromatic rings. The van der Waals surface area contributed by atoms with Gasteiger partial charge in [0, 0.05) is 6.20 Å². The van der Waals surface area contributed by atoms with Crippen molar-refractivity contribution in [1.29, 1.82) is 0 Å². The molecule has 0 bridgehead atoms. The van der Waals surface area contributed by atoms with E-state index in [4.69, 9.17) is 16.3 Å². The van der Waals surface area contributed by atoms with Gasteiger partial charge in [0.25, 0.3) is 0 Å². The molecule has 4 heteroatoms. The smallest absolute Gasteiger partial charge is 0.183 e. The Kier molecular flexibility index (Phi) is 4.42. The maximum absolute atomic E-state index is 5.87. The average molecular weight is 246 g/mol. The standard InChI is InChI=1S/C11H16ClNOS/c12-11-13-7-10(15-11)8-14-9-5-3-1-2-4-6-9/h7,9H,1-6,8H2. The molecule has 0 amide bonds. The number of hydrogen-bond donors (Lipinski definition) is 0. The van der Waals surface area contributed by atoms with Crippen LogP contribution in [0.3, 0.4) is 0 Å². The van der Waals surface area contributed by atoms with Crippen molar-refractivity contribution in [3.8, 4) is 0 Å². The molecule has 0 radical (unpaired) electrons. The molecule has 0 N–H and O–H groups in total. The van der Waals surface area contributed by atoms with Crippen LogP contribution in [0.25, 0.3) is 0 Å². The molecule has 0 atom stereocenters. The van der Waals surface area contributed by atoms with Gasteiger partial charge in [-0.3, -0.25) is 0 Å². The van der Waals surface area contributed by atoms with Crippen molar-refractivity contribution < 1.29 is 4.74 Å². The van der Waals surface area contributed by atoms with Gasteiger partial charge in [0.05, 0.1) is 17.6 Å². The zero-order valence-electron chi connectivity index (χ0n) is 8.75. The third-order valence-electron chi connectivity index (χ3n) is 2.79. The van der Waals surface area contributed by atoms with Crippen LogP contribution in [0.1, 0.15) is 43.4 Å². The molecule has 2 rings (SSSR count). The number of rotatable bonds is 3. The summed E-state index contributed by atoms with van der Waals surface area (Å²) in [4.78, 5) is 5.13. The van der Waals surface area contributed by atoms with Gasteiger partial charge in [-0.05, 0) is 12.8 Å². The van der Waals surface area contributed by atoms with Gasteiger partial charge in [-0.1, -0.05) is 37.3 Å². The molecular weight excluding hydrogens is 230 g/mol. The first-order valence-corrected chi connectivity index (χ1v) is 6.76. The van der Waals surface area contributed by atoms with Gasteiger partial charge < -0.3 is 4.74 Å². The minimum Gasteiger partial charge on any atom is -0.373 e. The Bertz CT molecular complexity index is 295. The monoisotopic (exact) mass is 245 g/mol. The lowest BCUT2D eigenvalue weighted by Crippen LogP contribution is -2.10. The first kappa shape index (κ1) is 11.4. The molecule has 0 spiro atoms. The van der Waals surface area contributed by atoms with Crippen LogP contribution >= 0.6 is 22.9 Å². The molecule has 1 fully saturated rings. The van der Waals surface area contributed by atoms with Crippen LogP contribution in [0.15, 0.2) is 6.20 Å². The van der Waals surface area contributed by atoms with Crippen molar-refractivity contribution in [3.05, 3.63) is 15.5 Å². The SMILES string of the molecule is Clc1ncc(COC2CCCCCC2)s1. The average Bonchev–Trinajstić information content (AvgIpc) is 2.52. The summed E-state index contributed by atoms with van der Waals surface area (Å²) in [5.74, 6) is 0. The van der Waals surface area contributed by atoms with Crippen molar-refractivity contribution in [1.82, 2.24) is 4.98 Å². The third kappa shape index (κ3) is 3.74. The van der Waals surface area contributed by atoms with E-state index >= 15 is 0 Å². The second-order valence-electron chi connectivity index (χ2n) is 4.00. The second-order valence-corrected chi connectivity index (χ2v) is 5.70. The second kappa shape index (κ2) is 5.83. The van der Waals surface area contributed by atoms with Gasteiger partial charge in [-0.2, -0.15) is 0 Å². The number of nitrogens with zero attached hydrogens (tertiary/aromatic N) is 1. The van der Waals surface area contributed by atoms with E-state index in [1.165, 1.54) is 49.9 Å². The Morgan fingerprint density at radius 3 is 2.67 bits per heavy atom. The molecule has 1 aliphatic carbocycles. The molecule has 1 aliphatic rings. The predicted octanol–water partition coefficient (Wildman–Crippen LogP) is 4.04. The zero-order valence-corrected chi connectivity index (χ0v) is 10.3. The van der Waals surface area contributed by atoms with Gasteiger partial charge in [-0.25, -0.2) is 4.98 Å². The topological polar surface area (TPSA) is 22.1 Å². The van der Waals surface area contributed by atoms with Crippen molar-refractivity contribution in [3.63, 3.8) is 0 Å². The van der Waals surface area contributed by atoms with Crippen molar-refractivity contribution in [2.45, 2.75) is 51.2 Å². The molecule has 84 valence electrons. The van der Waals surface area contributed by atoms with Crippen LogP contribution in [0.4, 0.5) is 0 Å². The number of hydrogen-bond acceptors (Lipinski definition) is 3. The molecule has 1 heterocycles. The number of aromatic nitrogens is 1. The summed E-state index contributed by atoms with van der Waals surface area (Å²) in [6.07, 6.45) is 10.1. The van der Waals surface area contributed by atoms with E-state index in [1.807, 2.05) is 6.20 Å². The van der Waals surface area contributed by atoms with Crippen LogP contribution in [0.2, 0.25) is 4.47 Å². The van der Waals surface area contributed by atoms with E-state index in [0.717, 1.165) is 4.88 Å². The molecule has 0 aromatic carbocycles. The minimum absolute atomic E-state index is 0.452. The van der Waals surface area contributed by atoms with Gasteiger partial charge >= 0.3 is 0 Å². The predicted molar refractivity (Wildman–Crippen MR) is 63.4 cm³/mol. The van der Waals surface area contributed by atoms with Crippen LogP contribution in [-0.4, -0.2) is 11.1 Å². The van der Waals surface area contributed by atoms with Crippen LogP contribution in [0, 0.1) is 0 Å². The molecule has 0 unspecified atom stereocenters. The Morgan fingerprint density at radius 1 is 1.33 bits per heavy atom. The highest BCUT2D eigenvalue weighted by atomic mass is 35.5. The van der Waals surface area contributed by atoms with E-state index in [1.54, 1.807) is 0 Å². The van der Waals surface area contributed by atoms with E-state index in [0.29, 0.717) is 17.2 Å². The molecular formula is C11H16ClNOS. The minimum atomic E-state index is 0.452. The third-order valence-corrected chi connectivity index (χ3v) is 3.88. The highest BCUT2D eigenvalue weighted by Gasteiger charge is 2.12. The molecule has 2 nitrogen and oxygen atoms in total. The number of halogens is 1. The van der Waals surface area contributed by atoms with Crippen LogP contribution in [-0.2, 0) is 11.3 Å². The summed E-state index contributed by atoms with van der Waals surface area (Å²) in [7, 11) is 0. The highest BCUT2D eigenvalue weighted by Crippen LogP contribution is 2.23. The lowest BCUT2D eigenvalue weighted by molar-refractivity contribution is 0.0324. The summed E-state index contributed by atoms with van der Waals surface area (Å²) in [6.45, 7) is 0.676. The summed E-state index contributed by atoms with van der Waals surface area (Å²) >= 11 is 7.27. The van der Waals surface area contributed by atoms with Gasteiger partial charge in [0.2, 0.25) is 0 Å². The fourth-order valence-electron chi connectivity index (χ4n) is 1.96. The number of ether oxygens (including phenoxy) is 1. The lowest BCUT2D eigenvalue weighted by Gasteiger charge is -2.14. The molecule has 1 aromatic heterocycles. The number of thiazole rings is 1. The quantitative estimate of drug-likeness (QED) is 0.750. The molecule has 1 saturated carbocycles. The normalized spacial score (nSPS) is 19.0. The van der Waals surface area contributed by atoms with Gasteiger partial charge in [-0.15, -0.1) is 11.3 Å². The fourth-order valence-corrected chi connectivity index (χ4v) is 2.86. The summed E-state index contributed by atoms with van der Waals surface area (Å²) in [6, 6.07) is 0. The van der Waals surface area contributed by atoms with Crippen molar-refractivity contribution in [2.75, 3.05) is 0 Å². The van der Waals surface area contributed by atoms with E-state index in [9.17, 15) is 0 Å². The van der Waals surface area contributed by atoms with E-state index < -0.39 is 0 Å². The summed E-state index contributed by atoms with van der Waals surface area (Å²) in [5, 5.41) is 0. The first-order chi connectivity index (χ1) is 7.34. The molecule has 15 heavy (non-hydrogen) atoms. The Balaban J connectivity index is 1.76. The largest absolute Gasteiger partial charge is 0.373 e. The maximum atomic E-state index is 5.87. The van der Waals surface area contributed by atoms with E-state index in [2.05, 4.69) is 4.98 Å². The van der Waals surface area contributed by atoms with E-state index in [-0.39, 0.29) is 0 Å². The highest BCUT2D eigenvalue weighted by molar-refractivity contribution is 7.15. The first-order valence-electron chi connectivity index (χ1n) is 5.56. The Morgan fingerprint density at radius 2 is 2.07 bits per heavy atom. The maximum Gasteiger partial charge on any atom is 0.183 e.